The highest BCUT2D eigenvalue weighted by molar-refractivity contribution is 7.79. The van der Waals surface area contributed by atoms with E-state index >= 15 is 0 Å². The van der Waals surface area contributed by atoms with Crippen LogP contribution in [0.2, 0.25) is 0 Å². The van der Waals surface area contributed by atoms with Gasteiger partial charge in [-0.05, 0) is 6.42 Å². The first-order valence-electron chi connectivity index (χ1n) is 7.18. The quantitative estimate of drug-likeness (QED) is 0.795. The van der Waals surface area contributed by atoms with E-state index < -0.39 is 18.7 Å². The molecule has 0 aliphatic heterocycles. The maximum atomic E-state index is 14.0. The molecule has 0 bridgehead atoms. The van der Waals surface area contributed by atoms with Crippen LogP contribution < -0.4 is 10.6 Å². The van der Waals surface area contributed by atoms with Crippen molar-refractivity contribution in [3.63, 3.8) is 0 Å². The number of benzene rings is 2. The Bertz CT molecular complexity index is 687. The Morgan fingerprint density at radius 1 is 0.909 bits per heavy atom. The summed E-state index contributed by atoms with van der Waals surface area (Å²) in [6.45, 7) is 1.88. The molecule has 0 amide bonds. The second kappa shape index (κ2) is 7.08. The molecule has 110 valence electrons. The molecule has 2 aromatic carbocycles. The van der Waals surface area contributed by atoms with Crippen LogP contribution in [0.1, 0.15) is 13.3 Å². The molecule has 0 aliphatic carbocycles. The van der Waals surface area contributed by atoms with Gasteiger partial charge in [-0.15, -0.1) is 0 Å². The fourth-order valence-corrected chi connectivity index (χ4v) is 6.10. The fraction of sp³-hybridized carbons (Fsp3) is 0.222. The Hall–Kier alpha value is -2.35. The molecule has 1 atom stereocenters. The molecule has 0 radical (unpaired) electrons. The van der Waals surface area contributed by atoms with Gasteiger partial charge in [0.05, 0.1) is 12.1 Å². The van der Waals surface area contributed by atoms with Gasteiger partial charge in [0.1, 0.15) is 13.1 Å². The maximum Gasteiger partial charge on any atom is 0.148 e. The van der Waals surface area contributed by atoms with Crippen molar-refractivity contribution in [3.8, 4) is 12.1 Å². The molecular weight excluding hydrogens is 291 g/mol. The molecule has 3 nitrogen and oxygen atoms in total. The minimum atomic E-state index is -3.07. The van der Waals surface area contributed by atoms with E-state index in [2.05, 4.69) is 0 Å². The van der Waals surface area contributed by atoms with Gasteiger partial charge >= 0.3 is 0 Å². The third-order valence-corrected chi connectivity index (χ3v) is 7.56. The lowest BCUT2D eigenvalue weighted by atomic mass is 10.1. The zero-order valence-corrected chi connectivity index (χ0v) is 13.3. The first-order valence-corrected chi connectivity index (χ1v) is 8.96. The summed E-state index contributed by atoms with van der Waals surface area (Å²) in [5, 5.41) is 20.0. The predicted octanol–water partition coefficient (Wildman–Crippen LogP) is 3.44. The highest BCUT2D eigenvalue weighted by Crippen LogP contribution is 2.52. The summed E-state index contributed by atoms with van der Waals surface area (Å²) >= 11 is 0. The van der Waals surface area contributed by atoms with Crippen LogP contribution in [0.15, 0.2) is 60.7 Å². The Morgan fingerprint density at radius 3 is 1.64 bits per heavy atom. The van der Waals surface area contributed by atoms with Crippen molar-refractivity contribution in [2.24, 2.45) is 5.92 Å². The predicted molar refractivity (Wildman–Crippen MR) is 88.6 cm³/mol. The highest BCUT2D eigenvalue weighted by atomic mass is 31.2. The molecule has 0 heterocycles. The van der Waals surface area contributed by atoms with E-state index in [4.69, 9.17) is 0 Å². The van der Waals surface area contributed by atoms with Crippen molar-refractivity contribution in [1.82, 2.24) is 0 Å². The Morgan fingerprint density at radius 2 is 1.32 bits per heavy atom. The lowest BCUT2D eigenvalue weighted by Crippen LogP contribution is -2.30. The first kappa shape index (κ1) is 16.0. The van der Waals surface area contributed by atoms with E-state index in [0.717, 1.165) is 0 Å². The van der Waals surface area contributed by atoms with Gasteiger partial charge in [-0.2, -0.15) is 10.5 Å². The van der Waals surface area contributed by atoms with Gasteiger partial charge in [0.2, 0.25) is 0 Å². The molecule has 22 heavy (non-hydrogen) atoms. The summed E-state index contributed by atoms with van der Waals surface area (Å²) in [4.78, 5) is 0. The lowest BCUT2D eigenvalue weighted by Gasteiger charge is -2.28. The van der Waals surface area contributed by atoms with Crippen molar-refractivity contribution in [2.45, 2.75) is 19.0 Å². The second-order valence-electron chi connectivity index (χ2n) is 5.04. The third-order valence-electron chi connectivity index (χ3n) is 3.83. The second-order valence-corrected chi connectivity index (χ2v) is 8.05. The molecule has 2 aromatic rings. The Labute approximate surface area is 131 Å². The molecule has 0 saturated heterocycles. The summed E-state index contributed by atoms with van der Waals surface area (Å²) in [6.07, 6.45) is 0.507. The molecular formula is C18H17N2OP. The standard InChI is InChI=1S/C18H17N2OP/c1-2-18(15(13-19)14-20)22(21,16-9-5-3-6-10-16)17-11-7-4-8-12-17/h3-12,15,18H,2H2,1H3. The number of hydrogen-bond acceptors (Lipinski definition) is 3. The largest absolute Gasteiger partial charge is 0.313 e. The molecule has 0 aliphatic rings. The van der Waals surface area contributed by atoms with Gasteiger partial charge in [-0.3, -0.25) is 0 Å². The van der Waals surface area contributed by atoms with Crippen LogP contribution in [0.4, 0.5) is 0 Å². The van der Waals surface area contributed by atoms with Crippen LogP contribution in [0, 0.1) is 28.6 Å². The van der Waals surface area contributed by atoms with E-state index in [0.29, 0.717) is 17.0 Å². The monoisotopic (exact) mass is 308 g/mol. The van der Waals surface area contributed by atoms with Crippen molar-refractivity contribution >= 4 is 17.8 Å². The zero-order valence-electron chi connectivity index (χ0n) is 12.4. The Balaban J connectivity index is 2.69. The molecule has 0 spiro atoms. The fourth-order valence-electron chi connectivity index (χ4n) is 2.73. The van der Waals surface area contributed by atoms with Crippen LogP contribution in [-0.2, 0) is 4.57 Å². The normalized spacial score (nSPS) is 12.4. The van der Waals surface area contributed by atoms with E-state index in [1.165, 1.54) is 0 Å². The lowest BCUT2D eigenvalue weighted by molar-refractivity contribution is 0.565. The van der Waals surface area contributed by atoms with Crippen molar-refractivity contribution in [1.29, 1.82) is 10.5 Å². The molecule has 1 unspecified atom stereocenters. The van der Waals surface area contributed by atoms with E-state index in [-0.39, 0.29) is 0 Å². The van der Waals surface area contributed by atoms with Crippen LogP contribution >= 0.6 is 7.14 Å². The number of nitrogens with zero attached hydrogens (tertiary/aromatic N) is 2. The van der Waals surface area contributed by atoms with Crippen molar-refractivity contribution in [2.75, 3.05) is 0 Å². The number of hydrogen-bond donors (Lipinski definition) is 0. The SMILES string of the molecule is CCC(C(C#N)C#N)P(=O)(c1ccccc1)c1ccccc1. The molecule has 0 aromatic heterocycles. The Kier molecular flexibility index (Phi) is 5.16. The molecule has 0 fully saturated rings. The van der Waals surface area contributed by atoms with E-state index in [9.17, 15) is 15.1 Å². The van der Waals surface area contributed by atoms with Gasteiger partial charge in [0.15, 0.2) is 0 Å². The highest BCUT2D eigenvalue weighted by Gasteiger charge is 2.40. The average Bonchev–Trinajstić information content (AvgIpc) is 2.60. The van der Waals surface area contributed by atoms with Crippen LogP contribution in [0.5, 0.6) is 0 Å². The number of rotatable bonds is 5. The average molecular weight is 308 g/mol. The smallest absolute Gasteiger partial charge is 0.148 e. The van der Waals surface area contributed by atoms with Crippen LogP contribution in [-0.4, -0.2) is 5.66 Å². The van der Waals surface area contributed by atoms with Gasteiger partial charge in [-0.1, -0.05) is 67.6 Å². The van der Waals surface area contributed by atoms with Crippen molar-refractivity contribution in [3.05, 3.63) is 60.7 Å². The topological polar surface area (TPSA) is 64.7 Å². The van der Waals surface area contributed by atoms with E-state index in [1.807, 2.05) is 79.7 Å². The zero-order chi connectivity index (χ0) is 16.0. The molecule has 4 heteroatoms. The van der Waals surface area contributed by atoms with Gasteiger partial charge in [0.25, 0.3) is 0 Å². The van der Waals surface area contributed by atoms with E-state index in [1.54, 1.807) is 0 Å². The minimum absolute atomic E-state index is 0.507. The summed E-state index contributed by atoms with van der Waals surface area (Å²) in [7, 11) is -3.07. The maximum absolute atomic E-state index is 14.0. The van der Waals surface area contributed by atoms with Crippen molar-refractivity contribution < 1.29 is 4.57 Å². The summed E-state index contributed by atoms with van der Waals surface area (Å²) in [5.41, 5.74) is -0.507. The molecule has 2 rings (SSSR count). The summed E-state index contributed by atoms with van der Waals surface area (Å²) < 4.78 is 14.0. The summed E-state index contributed by atoms with van der Waals surface area (Å²) in [5.74, 6) is -0.892. The molecule has 0 saturated carbocycles. The van der Waals surface area contributed by atoms with Gasteiger partial charge in [0, 0.05) is 16.3 Å². The van der Waals surface area contributed by atoms with Gasteiger partial charge in [-0.25, -0.2) is 0 Å². The van der Waals surface area contributed by atoms with Gasteiger partial charge < -0.3 is 4.57 Å². The molecule has 0 N–H and O–H groups in total. The first-order chi connectivity index (χ1) is 10.7. The van der Waals surface area contributed by atoms with Crippen LogP contribution in [0.25, 0.3) is 0 Å². The third kappa shape index (κ3) is 2.82. The summed E-state index contributed by atoms with van der Waals surface area (Å²) in [6, 6.07) is 22.4. The minimum Gasteiger partial charge on any atom is -0.313 e. The number of nitriles is 2. The van der Waals surface area contributed by atoms with Crippen LogP contribution in [0.3, 0.4) is 0 Å².